The lowest BCUT2D eigenvalue weighted by Gasteiger charge is -2.13. The molecule has 0 aliphatic carbocycles. The molecule has 0 radical (unpaired) electrons. The van der Waals surface area contributed by atoms with Gasteiger partial charge < -0.3 is 9.47 Å². The van der Waals surface area contributed by atoms with E-state index >= 15 is 0 Å². The summed E-state index contributed by atoms with van der Waals surface area (Å²) < 4.78 is 9.71. The molecule has 0 spiro atoms. The summed E-state index contributed by atoms with van der Waals surface area (Å²) in [6, 6.07) is 3.88. The molecule has 1 aromatic rings. The molecule has 0 aromatic heterocycles. The summed E-state index contributed by atoms with van der Waals surface area (Å²) in [5, 5.41) is 0. The fourth-order valence-electron chi connectivity index (χ4n) is 2.31. The fraction of sp³-hybridized carbons (Fsp3) is 0.467. The first-order valence-electron chi connectivity index (χ1n) is 6.10. The van der Waals surface area contributed by atoms with Gasteiger partial charge in [-0.15, -0.1) is 0 Å². The maximum Gasteiger partial charge on any atom is 0.217 e. The second-order valence-electron chi connectivity index (χ2n) is 4.64. The highest BCUT2D eigenvalue weighted by atomic mass is 16.7. The quantitative estimate of drug-likeness (QED) is 0.449. The van der Waals surface area contributed by atoms with E-state index in [2.05, 4.69) is 0 Å². The Hall–Kier alpha value is -1.52. The molecule has 0 fully saturated rings. The van der Waals surface area contributed by atoms with Crippen molar-refractivity contribution in [3.63, 3.8) is 0 Å². The Morgan fingerprint density at radius 1 is 1.05 bits per heavy atom. The average Bonchev–Trinajstić information content (AvgIpc) is 2.28. The first-order valence-corrected chi connectivity index (χ1v) is 6.10. The number of rotatable bonds is 6. The van der Waals surface area contributed by atoms with Crippen LogP contribution in [0.25, 0.3) is 0 Å². The molecular weight excluding hydrogens is 244 g/mol. The predicted molar refractivity (Wildman–Crippen MR) is 72.4 cm³/mol. The molecule has 0 atom stereocenters. The number of benzene rings is 1. The molecule has 0 amide bonds. The number of ether oxygens (including phenoxy) is 2. The summed E-state index contributed by atoms with van der Waals surface area (Å²) in [5.41, 5.74) is 3.50. The summed E-state index contributed by atoms with van der Waals surface area (Å²) in [6.45, 7) is 5.73. The van der Waals surface area contributed by atoms with Crippen molar-refractivity contribution in [2.75, 3.05) is 14.2 Å². The zero-order valence-electron chi connectivity index (χ0n) is 12.1. The van der Waals surface area contributed by atoms with Gasteiger partial charge in [-0.05, 0) is 31.9 Å². The van der Waals surface area contributed by atoms with Gasteiger partial charge in [-0.3, -0.25) is 9.59 Å². The third-order valence-corrected chi connectivity index (χ3v) is 2.98. The van der Waals surface area contributed by atoms with Crippen LogP contribution in [0.2, 0.25) is 0 Å². The summed E-state index contributed by atoms with van der Waals surface area (Å²) in [4.78, 5) is 24.0. The fourth-order valence-corrected chi connectivity index (χ4v) is 2.31. The van der Waals surface area contributed by atoms with Crippen molar-refractivity contribution in [1.29, 1.82) is 0 Å². The maximum atomic E-state index is 12.2. The van der Waals surface area contributed by atoms with Crippen LogP contribution in [-0.4, -0.2) is 32.1 Å². The van der Waals surface area contributed by atoms with Gasteiger partial charge in [-0.1, -0.05) is 17.7 Å². The molecule has 104 valence electrons. The van der Waals surface area contributed by atoms with E-state index in [9.17, 15) is 9.59 Å². The van der Waals surface area contributed by atoms with E-state index in [-0.39, 0.29) is 18.0 Å². The van der Waals surface area contributed by atoms with Crippen LogP contribution in [0.4, 0.5) is 0 Å². The van der Waals surface area contributed by atoms with Crippen molar-refractivity contribution in [3.8, 4) is 0 Å². The third-order valence-electron chi connectivity index (χ3n) is 2.98. The standard InChI is InChI=1S/C15H20O4/c1-9-6-10(2)14(11(3)7-9)12(16)8-13(17)15(18-4)19-5/h6-7,15H,8H2,1-5H3. The summed E-state index contributed by atoms with van der Waals surface area (Å²) in [7, 11) is 2.75. The van der Waals surface area contributed by atoms with Crippen molar-refractivity contribution >= 4 is 11.6 Å². The molecule has 0 saturated heterocycles. The molecule has 4 heteroatoms. The molecule has 0 aliphatic rings. The Kier molecular flexibility index (Phi) is 5.39. The molecular formula is C15H20O4. The average molecular weight is 264 g/mol. The molecule has 1 aromatic carbocycles. The minimum atomic E-state index is -0.977. The number of aryl methyl sites for hydroxylation is 3. The van der Waals surface area contributed by atoms with Gasteiger partial charge >= 0.3 is 0 Å². The minimum Gasteiger partial charge on any atom is -0.349 e. The van der Waals surface area contributed by atoms with Crippen LogP contribution in [0, 0.1) is 20.8 Å². The van der Waals surface area contributed by atoms with Crippen LogP contribution in [0.5, 0.6) is 0 Å². The SMILES string of the molecule is COC(OC)C(=O)CC(=O)c1c(C)cc(C)cc1C. The minimum absolute atomic E-state index is 0.195. The molecule has 0 heterocycles. The van der Waals surface area contributed by atoms with E-state index in [0.717, 1.165) is 16.7 Å². The van der Waals surface area contributed by atoms with Crippen LogP contribution < -0.4 is 0 Å². The third kappa shape index (κ3) is 3.72. The van der Waals surface area contributed by atoms with Crippen LogP contribution in [0.3, 0.4) is 0 Å². The second kappa shape index (κ2) is 6.59. The number of ketones is 2. The van der Waals surface area contributed by atoms with Crippen LogP contribution >= 0.6 is 0 Å². The van der Waals surface area contributed by atoms with Gasteiger partial charge in [0.25, 0.3) is 0 Å². The highest BCUT2D eigenvalue weighted by molar-refractivity contribution is 6.10. The Morgan fingerprint density at radius 3 is 1.95 bits per heavy atom. The highest BCUT2D eigenvalue weighted by Crippen LogP contribution is 2.18. The van der Waals surface area contributed by atoms with Gasteiger partial charge in [-0.25, -0.2) is 0 Å². The monoisotopic (exact) mass is 264 g/mol. The van der Waals surface area contributed by atoms with E-state index < -0.39 is 6.29 Å². The van der Waals surface area contributed by atoms with Gasteiger partial charge in [0.2, 0.25) is 6.29 Å². The van der Waals surface area contributed by atoms with Crippen molar-refractivity contribution in [3.05, 3.63) is 34.4 Å². The van der Waals surface area contributed by atoms with Crippen LogP contribution in [0.1, 0.15) is 33.5 Å². The van der Waals surface area contributed by atoms with Crippen LogP contribution in [-0.2, 0) is 14.3 Å². The number of methoxy groups -OCH3 is 2. The summed E-state index contributed by atoms with van der Waals surface area (Å²) in [5.74, 6) is -0.562. The van der Waals surface area contributed by atoms with Crippen LogP contribution in [0.15, 0.2) is 12.1 Å². The summed E-state index contributed by atoms with van der Waals surface area (Å²) in [6.07, 6.45) is -1.19. The van der Waals surface area contributed by atoms with Crippen molar-refractivity contribution in [2.24, 2.45) is 0 Å². The number of hydrogen-bond donors (Lipinski definition) is 0. The Morgan fingerprint density at radius 2 is 1.53 bits per heavy atom. The molecule has 4 nitrogen and oxygen atoms in total. The predicted octanol–water partition coefficient (Wildman–Crippen LogP) is 2.37. The number of carbonyl (C=O) groups is 2. The van der Waals surface area contributed by atoms with E-state index in [0.29, 0.717) is 5.56 Å². The molecule has 0 N–H and O–H groups in total. The number of Topliss-reactive ketones (excluding diaryl/α,β-unsaturated/α-hetero) is 2. The zero-order chi connectivity index (χ0) is 14.6. The normalized spacial score (nSPS) is 10.8. The Labute approximate surface area is 113 Å². The zero-order valence-corrected chi connectivity index (χ0v) is 12.1. The first kappa shape index (κ1) is 15.5. The lowest BCUT2D eigenvalue weighted by atomic mass is 9.94. The van der Waals surface area contributed by atoms with Gasteiger partial charge in [0.05, 0.1) is 6.42 Å². The van der Waals surface area contributed by atoms with Gasteiger partial charge in [0, 0.05) is 19.8 Å². The van der Waals surface area contributed by atoms with E-state index in [1.165, 1.54) is 14.2 Å². The lowest BCUT2D eigenvalue weighted by molar-refractivity contribution is -0.155. The van der Waals surface area contributed by atoms with Crippen molar-refractivity contribution in [1.82, 2.24) is 0 Å². The van der Waals surface area contributed by atoms with E-state index in [4.69, 9.17) is 9.47 Å². The lowest BCUT2D eigenvalue weighted by Crippen LogP contribution is -2.27. The van der Waals surface area contributed by atoms with Crippen molar-refractivity contribution in [2.45, 2.75) is 33.5 Å². The largest absolute Gasteiger partial charge is 0.349 e. The Balaban J connectivity index is 2.93. The molecule has 0 bridgehead atoms. The molecule has 0 saturated carbocycles. The smallest absolute Gasteiger partial charge is 0.217 e. The van der Waals surface area contributed by atoms with Gasteiger partial charge in [-0.2, -0.15) is 0 Å². The van der Waals surface area contributed by atoms with E-state index in [1.807, 2.05) is 32.9 Å². The van der Waals surface area contributed by atoms with E-state index in [1.54, 1.807) is 0 Å². The molecule has 0 aliphatic heterocycles. The first-order chi connectivity index (χ1) is 8.90. The summed E-state index contributed by atoms with van der Waals surface area (Å²) >= 11 is 0. The van der Waals surface area contributed by atoms with Gasteiger partial charge in [0.15, 0.2) is 11.6 Å². The highest BCUT2D eigenvalue weighted by Gasteiger charge is 2.22. The molecule has 0 unspecified atom stereocenters. The van der Waals surface area contributed by atoms with Crippen molar-refractivity contribution < 1.29 is 19.1 Å². The van der Waals surface area contributed by atoms with Gasteiger partial charge in [0.1, 0.15) is 0 Å². The maximum absolute atomic E-state index is 12.2. The number of carbonyl (C=O) groups excluding carboxylic acids is 2. The molecule has 1 rings (SSSR count). The molecule has 19 heavy (non-hydrogen) atoms. The number of hydrogen-bond acceptors (Lipinski definition) is 4. The topological polar surface area (TPSA) is 52.6 Å². The Bertz CT molecular complexity index is 464. The second-order valence-corrected chi connectivity index (χ2v) is 4.64.